The molecule has 0 amide bonds. The highest BCUT2D eigenvalue weighted by atomic mass is 35.5. The minimum atomic E-state index is -3.15. The summed E-state index contributed by atoms with van der Waals surface area (Å²) in [5.41, 5.74) is 1.48. The Morgan fingerprint density at radius 2 is 1.97 bits per heavy atom. The van der Waals surface area contributed by atoms with Crippen LogP contribution in [0, 0.1) is 5.92 Å². The van der Waals surface area contributed by atoms with Crippen molar-refractivity contribution in [2.45, 2.75) is 19.8 Å². The molecule has 1 aliphatic rings. The molecule has 3 N–H and O–H groups in total. The van der Waals surface area contributed by atoms with Crippen LogP contribution in [0.4, 0.5) is 5.69 Å². The van der Waals surface area contributed by atoms with Gasteiger partial charge in [0.15, 0.2) is 17.2 Å². The molecule has 0 atom stereocenters. The molecule has 0 spiro atoms. The molecule has 0 radical (unpaired) electrons. The molecule has 1 aromatic carbocycles. The zero-order valence-corrected chi connectivity index (χ0v) is 20.3. The Hall–Kier alpha value is -2.34. The van der Waals surface area contributed by atoms with Crippen LogP contribution in [-0.4, -0.2) is 66.9 Å². The fraction of sp³-hybridized carbons (Fsp3) is 0.429. The Labute approximate surface area is 201 Å². The van der Waals surface area contributed by atoms with Crippen molar-refractivity contribution in [2.75, 3.05) is 37.3 Å². The van der Waals surface area contributed by atoms with E-state index in [4.69, 9.17) is 21.4 Å². The highest BCUT2D eigenvalue weighted by Crippen LogP contribution is 2.45. The molecule has 180 valence electrons. The van der Waals surface area contributed by atoms with Crippen molar-refractivity contribution in [2.24, 2.45) is 5.92 Å². The molecule has 0 unspecified atom stereocenters. The average molecular weight is 517 g/mol. The van der Waals surface area contributed by atoms with Crippen molar-refractivity contribution in [1.29, 1.82) is 0 Å². The van der Waals surface area contributed by atoms with E-state index in [-0.39, 0.29) is 21.4 Å². The monoisotopic (exact) mass is 516 g/mol. The van der Waals surface area contributed by atoms with Crippen LogP contribution in [0.3, 0.4) is 0 Å². The number of aliphatic carboxylic acids is 1. The first-order valence-electron chi connectivity index (χ1n) is 10.3. The van der Waals surface area contributed by atoms with E-state index in [1.165, 1.54) is 0 Å². The lowest BCUT2D eigenvalue weighted by Crippen LogP contribution is -2.40. The molecule has 12 heteroatoms. The molecular formula is C21H25ClN2O7S2. The third kappa shape index (κ3) is 6.17. The molecule has 9 nitrogen and oxygen atoms in total. The Balaban J connectivity index is 1.70. The minimum Gasteiger partial charge on any atom is -0.479 e. The number of hydrogen-bond donors (Lipinski definition) is 3. The smallest absolute Gasteiger partial charge is 0.349 e. The van der Waals surface area contributed by atoms with Gasteiger partial charge in [0.05, 0.1) is 10.6 Å². The number of halogens is 1. The van der Waals surface area contributed by atoms with E-state index in [0.717, 1.165) is 29.9 Å². The van der Waals surface area contributed by atoms with Crippen LogP contribution < -0.4 is 10.1 Å². The fourth-order valence-electron chi connectivity index (χ4n) is 3.59. The van der Waals surface area contributed by atoms with E-state index in [1.807, 2.05) is 18.2 Å². The van der Waals surface area contributed by atoms with Gasteiger partial charge in [-0.2, -0.15) is 0 Å². The molecule has 1 aliphatic heterocycles. The second-order valence-electron chi connectivity index (χ2n) is 7.60. The summed E-state index contributed by atoms with van der Waals surface area (Å²) < 4.78 is 30.7. The van der Waals surface area contributed by atoms with Gasteiger partial charge in [0.2, 0.25) is 10.0 Å². The number of sulfonamides is 1. The second kappa shape index (κ2) is 10.7. The van der Waals surface area contributed by atoms with Crippen molar-refractivity contribution in [3.05, 3.63) is 34.2 Å². The van der Waals surface area contributed by atoms with Gasteiger partial charge in [-0.15, -0.1) is 11.3 Å². The highest BCUT2D eigenvalue weighted by molar-refractivity contribution is 7.89. The quantitative estimate of drug-likeness (QED) is 0.435. The minimum absolute atomic E-state index is 0.0558. The van der Waals surface area contributed by atoms with Gasteiger partial charge in [-0.05, 0) is 43.4 Å². The molecule has 33 heavy (non-hydrogen) atoms. The number of carboxylic acids is 2. The van der Waals surface area contributed by atoms with Gasteiger partial charge in [0.1, 0.15) is 5.02 Å². The summed E-state index contributed by atoms with van der Waals surface area (Å²) in [6.45, 7) is 2.66. The number of nitrogens with one attached hydrogen (secondary N) is 1. The predicted molar refractivity (Wildman–Crippen MR) is 127 cm³/mol. The molecule has 2 heterocycles. The zero-order valence-electron chi connectivity index (χ0n) is 17.9. The normalized spacial score (nSPS) is 15.3. The molecule has 0 bridgehead atoms. The van der Waals surface area contributed by atoms with Crippen molar-refractivity contribution in [3.63, 3.8) is 0 Å². The number of rotatable bonds is 10. The topological polar surface area (TPSA) is 133 Å². The number of thiophene rings is 1. The SMILES string of the molecule is CCS(=O)(=O)N1CCC(CNc2cccc(-c3sc(C(=O)O)c(OCC(=O)O)c3Cl)c2)CC1. The molecule has 0 aliphatic carbocycles. The van der Waals surface area contributed by atoms with E-state index in [2.05, 4.69) is 5.32 Å². The van der Waals surface area contributed by atoms with Crippen molar-refractivity contribution < 1.29 is 33.0 Å². The van der Waals surface area contributed by atoms with Crippen LogP contribution in [0.25, 0.3) is 10.4 Å². The van der Waals surface area contributed by atoms with Gasteiger partial charge in [-0.3, -0.25) is 0 Å². The number of nitrogens with zero attached hydrogens (tertiary/aromatic N) is 1. The van der Waals surface area contributed by atoms with Crippen molar-refractivity contribution in [3.8, 4) is 16.2 Å². The average Bonchev–Trinajstić information content (AvgIpc) is 3.13. The highest BCUT2D eigenvalue weighted by Gasteiger charge is 2.27. The first-order chi connectivity index (χ1) is 15.6. The summed E-state index contributed by atoms with van der Waals surface area (Å²) in [5.74, 6) is -2.20. The fourth-order valence-corrected chi connectivity index (χ4v) is 6.13. The molecular weight excluding hydrogens is 492 g/mol. The summed E-state index contributed by atoms with van der Waals surface area (Å²) in [7, 11) is -3.15. The molecule has 3 rings (SSSR count). The molecule has 0 saturated carbocycles. The van der Waals surface area contributed by atoms with E-state index in [9.17, 15) is 23.1 Å². The maximum absolute atomic E-state index is 12.0. The number of piperidine rings is 1. The van der Waals surface area contributed by atoms with Gasteiger partial charge < -0.3 is 20.3 Å². The third-order valence-corrected chi connectivity index (χ3v) is 8.96. The number of aromatic carboxylic acids is 1. The van der Waals surface area contributed by atoms with Gasteiger partial charge in [-0.1, -0.05) is 23.7 Å². The van der Waals surface area contributed by atoms with Crippen LogP contribution in [0.2, 0.25) is 5.02 Å². The summed E-state index contributed by atoms with van der Waals surface area (Å²) in [6, 6.07) is 7.30. The van der Waals surface area contributed by atoms with Crippen molar-refractivity contribution >= 4 is 50.6 Å². The van der Waals surface area contributed by atoms with Gasteiger partial charge in [0, 0.05) is 25.3 Å². The number of hydrogen-bond acceptors (Lipinski definition) is 7. The van der Waals surface area contributed by atoms with Crippen LogP contribution >= 0.6 is 22.9 Å². The first kappa shape index (κ1) is 25.3. The Bertz CT molecular complexity index is 1130. The van der Waals surface area contributed by atoms with Gasteiger partial charge in [0.25, 0.3) is 0 Å². The zero-order chi connectivity index (χ0) is 24.2. The first-order valence-corrected chi connectivity index (χ1v) is 13.1. The lowest BCUT2D eigenvalue weighted by atomic mass is 9.98. The molecule has 2 aromatic rings. The Kier molecular flexibility index (Phi) is 8.22. The van der Waals surface area contributed by atoms with Gasteiger partial charge >= 0.3 is 11.9 Å². The number of benzene rings is 1. The lowest BCUT2D eigenvalue weighted by Gasteiger charge is -2.31. The summed E-state index contributed by atoms with van der Waals surface area (Å²) in [5, 5.41) is 21.7. The maximum atomic E-state index is 12.0. The van der Waals surface area contributed by atoms with Crippen LogP contribution in [0.5, 0.6) is 5.75 Å². The number of ether oxygens (including phenoxy) is 1. The largest absolute Gasteiger partial charge is 0.479 e. The summed E-state index contributed by atoms with van der Waals surface area (Å²) >= 11 is 7.28. The number of anilines is 1. The maximum Gasteiger partial charge on any atom is 0.349 e. The second-order valence-corrected chi connectivity index (χ2v) is 11.3. The Morgan fingerprint density at radius 3 is 2.58 bits per heavy atom. The van der Waals surface area contributed by atoms with Crippen LogP contribution in [0.1, 0.15) is 29.4 Å². The van der Waals surface area contributed by atoms with E-state index < -0.39 is 28.6 Å². The predicted octanol–water partition coefficient (Wildman–Crippen LogP) is 3.70. The van der Waals surface area contributed by atoms with Crippen LogP contribution in [0.15, 0.2) is 24.3 Å². The standard InChI is InChI=1S/C21H25ClN2O7S2/c1-2-33(29,30)24-8-6-13(7-9-24)11-23-15-5-3-4-14(10-15)19-17(22)18(31-12-16(25)26)20(32-19)21(27)28/h3-5,10,13,23H,2,6-9,11-12H2,1H3,(H,25,26)(H,27,28). The lowest BCUT2D eigenvalue weighted by molar-refractivity contribution is -0.139. The molecule has 1 saturated heterocycles. The van der Waals surface area contributed by atoms with E-state index in [1.54, 1.807) is 17.3 Å². The van der Waals surface area contributed by atoms with Crippen molar-refractivity contribution in [1.82, 2.24) is 4.31 Å². The van der Waals surface area contributed by atoms with Gasteiger partial charge in [-0.25, -0.2) is 22.3 Å². The Morgan fingerprint density at radius 1 is 1.27 bits per heavy atom. The number of carbonyl (C=O) groups is 2. The molecule has 1 aromatic heterocycles. The third-order valence-electron chi connectivity index (χ3n) is 5.39. The number of carboxylic acid groups (broad SMARTS) is 2. The van der Waals surface area contributed by atoms with E-state index in [0.29, 0.717) is 36.0 Å². The summed E-state index contributed by atoms with van der Waals surface area (Å²) in [6.07, 6.45) is 1.55. The molecule has 1 fully saturated rings. The van der Waals surface area contributed by atoms with Crippen LogP contribution in [-0.2, 0) is 14.8 Å². The summed E-state index contributed by atoms with van der Waals surface area (Å²) in [4.78, 5) is 22.7. The van der Waals surface area contributed by atoms with E-state index >= 15 is 0 Å².